The number of aromatic nitrogens is 2. The van der Waals surface area contributed by atoms with Crippen molar-refractivity contribution in [2.45, 2.75) is 13.5 Å². The average molecular weight is 445 g/mol. The summed E-state index contributed by atoms with van der Waals surface area (Å²) in [6, 6.07) is 0. The van der Waals surface area contributed by atoms with Crippen molar-refractivity contribution in [1.29, 1.82) is 0 Å². The molecule has 3 N–H and O–H groups in total. The van der Waals surface area contributed by atoms with E-state index in [1.54, 1.807) is 6.92 Å². The van der Waals surface area contributed by atoms with E-state index in [-0.39, 0.29) is 32.1 Å². The normalized spacial score (nSPS) is 10.9. The fourth-order valence-electron chi connectivity index (χ4n) is 2.64. The van der Waals surface area contributed by atoms with Crippen LogP contribution in [0.4, 0.5) is 5.82 Å². The Bertz CT molecular complexity index is 808. The Kier molecular flexibility index (Phi) is 10.0. The van der Waals surface area contributed by atoms with Gasteiger partial charge in [-0.15, -0.1) is 0 Å². The van der Waals surface area contributed by atoms with Crippen molar-refractivity contribution in [3.63, 3.8) is 0 Å². The van der Waals surface area contributed by atoms with E-state index in [0.29, 0.717) is 5.82 Å². The Hall–Kier alpha value is -3.59. The molecule has 1 rings (SSSR count). The first-order valence-corrected chi connectivity index (χ1v) is 8.91. The highest BCUT2D eigenvalue weighted by Crippen LogP contribution is 2.13. The molecule has 0 radical (unpaired) electrons. The van der Waals surface area contributed by atoms with E-state index in [0.717, 1.165) is 16.0 Å². The number of carbonyl (C=O) groups is 4. The van der Waals surface area contributed by atoms with Crippen molar-refractivity contribution in [2.24, 2.45) is 0 Å². The van der Waals surface area contributed by atoms with Gasteiger partial charge in [0.25, 0.3) is 0 Å². The van der Waals surface area contributed by atoms with E-state index in [4.69, 9.17) is 20.1 Å². The SMILES string of the molecule is Cc1ncc([N+](=O)[O-])n1CCOC(=O)CN(CCN(CC(=O)O)CC(=O)O)CC(=O)O. The molecule has 0 fully saturated rings. The van der Waals surface area contributed by atoms with Crippen LogP contribution in [-0.4, -0.2) is 109 Å². The molecule has 1 heterocycles. The molecule has 0 saturated heterocycles. The van der Waals surface area contributed by atoms with E-state index in [1.807, 2.05) is 0 Å². The summed E-state index contributed by atoms with van der Waals surface area (Å²) in [5.74, 6) is -4.47. The van der Waals surface area contributed by atoms with Gasteiger partial charge in [0.2, 0.25) is 0 Å². The quantitative estimate of drug-likeness (QED) is 0.160. The zero-order valence-corrected chi connectivity index (χ0v) is 16.7. The van der Waals surface area contributed by atoms with Crippen molar-refractivity contribution in [1.82, 2.24) is 19.4 Å². The summed E-state index contributed by atoms with van der Waals surface area (Å²) < 4.78 is 6.25. The Morgan fingerprint density at radius 2 is 1.52 bits per heavy atom. The topological polar surface area (TPSA) is 206 Å². The molecule has 0 atom stereocenters. The maximum absolute atomic E-state index is 12.0. The van der Waals surface area contributed by atoms with Crippen LogP contribution in [0.5, 0.6) is 0 Å². The van der Waals surface area contributed by atoms with Gasteiger partial charge in [-0.3, -0.25) is 29.0 Å². The van der Waals surface area contributed by atoms with Gasteiger partial charge >= 0.3 is 29.7 Å². The standard InChI is InChI=1S/C16H23N5O10/c1-11-17-6-12(21(29)30)20(11)4-5-31-16(28)10-19(9-15(26)27)3-2-18(7-13(22)23)8-14(24)25/h6H,2-5,7-10H2,1H3,(H,22,23)(H,24,25)(H,26,27). The van der Waals surface area contributed by atoms with Crippen LogP contribution in [0.25, 0.3) is 0 Å². The number of ether oxygens (including phenoxy) is 1. The van der Waals surface area contributed by atoms with Crippen LogP contribution in [0, 0.1) is 17.0 Å². The summed E-state index contributed by atoms with van der Waals surface area (Å²) in [4.78, 5) is 61.1. The first-order valence-electron chi connectivity index (χ1n) is 8.91. The molecule has 1 aromatic heterocycles. The fourth-order valence-corrected chi connectivity index (χ4v) is 2.64. The van der Waals surface area contributed by atoms with E-state index in [2.05, 4.69) is 4.98 Å². The Morgan fingerprint density at radius 3 is 1.97 bits per heavy atom. The van der Waals surface area contributed by atoms with E-state index >= 15 is 0 Å². The summed E-state index contributed by atoms with van der Waals surface area (Å²) in [6.07, 6.45) is 1.08. The Morgan fingerprint density at radius 1 is 1.03 bits per heavy atom. The molecule has 0 spiro atoms. The van der Waals surface area contributed by atoms with Crippen LogP contribution >= 0.6 is 0 Å². The molecule has 15 heteroatoms. The third-order valence-corrected chi connectivity index (χ3v) is 3.96. The van der Waals surface area contributed by atoms with Crippen LogP contribution in [0.2, 0.25) is 0 Å². The largest absolute Gasteiger partial charge is 0.480 e. The summed E-state index contributed by atoms with van der Waals surface area (Å²) >= 11 is 0. The van der Waals surface area contributed by atoms with E-state index in [1.165, 1.54) is 4.57 Å². The summed E-state index contributed by atoms with van der Waals surface area (Å²) in [5.41, 5.74) is 0. The number of rotatable bonds is 15. The van der Waals surface area contributed by atoms with Gasteiger partial charge in [-0.2, -0.15) is 0 Å². The Balaban J connectivity index is 2.62. The van der Waals surface area contributed by atoms with Gasteiger partial charge in [0.05, 0.1) is 26.2 Å². The predicted molar refractivity (Wildman–Crippen MR) is 100 cm³/mol. The van der Waals surface area contributed by atoms with E-state index < -0.39 is 55.0 Å². The highest BCUT2D eigenvalue weighted by molar-refractivity contribution is 5.74. The zero-order valence-electron chi connectivity index (χ0n) is 16.7. The molecule has 0 aliphatic rings. The molecule has 0 amide bonds. The minimum Gasteiger partial charge on any atom is -0.480 e. The third kappa shape index (κ3) is 9.64. The number of carboxylic acids is 3. The highest BCUT2D eigenvalue weighted by atomic mass is 16.6. The number of nitro groups is 1. The van der Waals surface area contributed by atoms with Gasteiger partial charge in [-0.25, -0.2) is 9.55 Å². The fraction of sp³-hybridized carbons (Fsp3) is 0.562. The second kappa shape index (κ2) is 12.2. The van der Waals surface area contributed by atoms with Crippen molar-refractivity contribution in [3.8, 4) is 0 Å². The molecule has 172 valence electrons. The van der Waals surface area contributed by atoms with Crippen molar-refractivity contribution in [3.05, 3.63) is 22.1 Å². The second-order valence-electron chi connectivity index (χ2n) is 6.40. The number of aliphatic carboxylic acids is 3. The number of hydrogen-bond acceptors (Lipinski definition) is 10. The third-order valence-electron chi connectivity index (χ3n) is 3.96. The van der Waals surface area contributed by atoms with Gasteiger partial charge in [0.1, 0.15) is 19.3 Å². The van der Waals surface area contributed by atoms with Crippen LogP contribution in [0.3, 0.4) is 0 Å². The molecule has 0 unspecified atom stereocenters. The second-order valence-corrected chi connectivity index (χ2v) is 6.40. The average Bonchev–Trinajstić information content (AvgIpc) is 2.99. The first kappa shape index (κ1) is 25.4. The molecular formula is C16H23N5O10. The monoisotopic (exact) mass is 445 g/mol. The molecule has 0 bridgehead atoms. The maximum atomic E-state index is 12.0. The van der Waals surface area contributed by atoms with Gasteiger partial charge in [-0.1, -0.05) is 0 Å². The van der Waals surface area contributed by atoms with Gasteiger partial charge < -0.3 is 30.2 Å². The van der Waals surface area contributed by atoms with Gasteiger partial charge in [-0.05, 0) is 4.92 Å². The lowest BCUT2D eigenvalue weighted by Gasteiger charge is -2.24. The van der Waals surface area contributed by atoms with Crippen LogP contribution < -0.4 is 0 Å². The van der Waals surface area contributed by atoms with Crippen molar-refractivity contribution < 1.29 is 44.2 Å². The van der Waals surface area contributed by atoms with Gasteiger partial charge in [0, 0.05) is 20.0 Å². The molecule has 31 heavy (non-hydrogen) atoms. The summed E-state index contributed by atoms with van der Waals surface area (Å²) in [6.45, 7) is -1.07. The van der Waals surface area contributed by atoms with Gasteiger partial charge in [0.15, 0.2) is 5.82 Å². The number of aryl methyl sites for hydroxylation is 1. The Labute approximate surface area is 175 Å². The lowest BCUT2D eigenvalue weighted by atomic mass is 10.4. The smallest absolute Gasteiger partial charge is 0.342 e. The lowest BCUT2D eigenvalue weighted by molar-refractivity contribution is -0.392. The number of carboxylic acid groups (broad SMARTS) is 3. The molecule has 0 saturated carbocycles. The molecule has 0 aromatic carbocycles. The molecular weight excluding hydrogens is 422 g/mol. The number of esters is 1. The van der Waals surface area contributed by atoms with Crippen molar-refractivity contribution >= 4 is 29.7 Å². The zero-order chi connectivity index (χ0) is 23.6. The lowest BCUT2D eigenvalue weighted by Crippen LogP contribution is -2.43. The van der Waals surface area contributed by atoms with Crippen LogP contribution in [0.15, 0.2) is 6.20 Å². The maximum Gasteiger partial charge on any atom is 0.342 e. The molecule has 0 aliphatic carbocycles. The first-order chi connectivity index (χ1) is 14.5. The minimum absolute atomic E-state index is 0.0299. The van der Waals surface area contributed by atoms with Crippen LogP contribution in [0.1, 0.15) is 5.82 Å². The molecule has 1 aromatic rings. The predicted octanol–water partition coefficient (Wildman–Crippen LogP) is -1.50. The number of carbonyl (C=O) groups excluding carboxylic acids is 1. The molecule has 0 aliphatic heterocycles. The summed E-state index contributed by atoms with van der Waals surface area (Å²) in [5, 5.41) is 37.6. The van der Waals surface area contributed by atoms with E-state index in [9.17, 15) is 29.3 Å². The van der Waals surface area contributed by atoms with Crippen LogP contribution in [-0.2, 0) is 30.5 Å². The summed E-state index contributed by atoms with van der Waals surface area (Å²) in [7, 11) is 0. The number of hydrogen-bond donors (Lipinski definition) is 3. The highest BCUT2D eigenvalue weighted by Gasteiger charge is 2.20. The van der Waals surface area contributed by atoms with Crippen molar-refractivity contribution in [2.75, 3.05) is 45.9 Å². The molecule has 15 nitrogen and oxygen atoms in total. The number of nitrogens with zero attached hydrogens (tertiary/aromatic N) is 5. The number of imidazole rings is 1. The minimum atomic E-state index is -1.26.